The van der Waals surface area contributed by atoms with Crippen LogP contribution in [0, 0.1) is 0 Å². The fraction of sp³-hybridized carbons (Fsp3) is 0.0476. The van der Waals surface area contributed by atoms with Crippen LogP contribution in [-0.2, 0) is 11.3 Å². The molecule has 1 amide bonds. The van der Waals surface area contributed by atoms with Gasteiger partial charge in [-0.3, -0.25) is 19.1 Å². The Labute approximate surface area is 174 Å². The number of rotatable bonds is 5. The van der Waals surface area contributed by atoms with E-state index in [0.29, 0.717) is 10.6 Å². The van der Waals surface area contributed by atoms with Gasteiger partial charge in [-0.2, -0.15) is 0 Å². The van der Waals surface area contributed by atoms with Gasteiger partial charge in [0.25, 0.3) is 0 Å². The van der Waals surface area contributed by atoms with Gasteiger partial charge in [-0.1, -0.05) is 29.5 Å². The van der Waals surface area contributed by atoms with E-state index in [-0.39, 0.29) is 18.0 Å². The standard InChI is InChI=1S/C21H15N3O5S/c25-18(23-14-7-5-12(6-8-14)20(27)28)11-24-19(26)17(30-21(24)29)9-13-10-22-16-4-2-1-3-15(13)16/h1-10,26H,11H2,(H,23,25)(H,27,28)/b13-9-. The number of carbonyl (C=O) groups excluding carboxylic acids is 1. The number of allylic oxidation sites excluding steroid dienone is 1. The molecule has 0 bridgehead atoms. The van der Waals surface area contributed by atoms with E-state index in [1.807, 2.05) is 24.3 Å². The number of aromatic nitrogens is 1. The molecular weight excluding hydrogens is 406 g/mol. The van der Waals surface area contributed by atoms with Crippen LogP contribution in [0.5, 0.6) is 5.88 Å². The molecule has 30 heavy (non-hydrogen) atoms. The number of para-hydroxylation sites is 1. The number of thiazole rings is 1. The van der Waals surface area contributed by atoms with Gasteiger partial charge in [0.1, 0.15) is 6.54 Å². The third-order valence-electron chi connectivity index (χ3n) is 4.46. The SMILES string of the molecule is O=C(Cn1c(O)c(/C=C2/C=Nc3ccccc32)sc1=O)Nc1ccc(C(=O)O)cc1. The van der Waals surface area contributed by atoms with Gasteiger partial charge in [0.05, 0.1) is 16.1 Å². The molecule has 3 aromatic rings. The van der Waals surface area contributed by atoms with Crippen LogP contribution in [0.2, 0.25) is 0 Å². The first-order valence-electron chi connectivity index (χ1n) is 8.83. The van der Waals surface area contributed by atoms with E-state index in [0.717, 1.165) is 32.7 Å². The lowest BCUT2D eigenvalue weighted by molar-refractivity contribution is -0.116. The highest BCUT2D eigenvalue weighted by atomic mass is 32.1. The van der Waals surface area contributed by atoms with E-state index in [1.54, 1.807) is 12.3 Å². The summed E-state index contributed by atoms with van der Waals surface area (Å²) in [6.45, 7) is -0.379. The highest BCUT2D eigenvalue weighted by molar-refractivity contribution is 7.10. The van der Waals surface area contributed by atoms with Gasteiger partial charge in [-0.15, -0.1) is 0 Å². The van der Waals surface area contributed by atoms with Crippen LogP contribution >= 0.6 is 11.3 Å². The van der Waals surface area contributed by atoms with Crippen LogP contribution in [-0.4, -0.2) is 32.9 Å². The number of hydrogen-bond acceptors (Lipinski definition) is 6. The molecule has 0 fully saturated rings. The molecule has 1 aromatic heterocycles. The second-order valence-corrected chi connectivity index (χ2v) is 7.44. The molecule has 2 aromatic carbocycles. The number of hydrogen-bond donors (Lipinski definition) is 3. The Balaban J connectivity index is 1.52. The topological polar surface area (TPSA) is 121 Å². The molecule has 1 aliphatic rings. The van der Waals surface area contributed by atoms with Gasteiger partial charge >= 0.3 is 10.8 Å². The number of benzene rings is 2. The smallest absolute Gasteiger partial charge is 0.335 e. The maximum Gasteiger partial charge on any atom is 0.335 e. The summed E-state index contributed by atoms with van der Waals surface area (Å²) in [7, 11) is 0. The molecule has 0 saturated carbocycles. The van der Waals surface area contributed by atoms with Crippen molar-refractivity contribution in [1.82, 2.24) is 4.57 Å². The zero-order chi connectivity index (χ0) is 21.3. The third-order valence-corrected chi connectivity index (χ3v) is 5.37. The van der Waals surface area contributed by atoms with Gasteiger partial charge in [-0.25, -0.2) is 4.79 Å². The number of aromatic carboxylic acids is 1. The van der Waals surface area contributed by atoms with Crippen LogP contribution in [0.25, 0.3) is 11.6 Å². The Kier molecular flexibility index (Phi) is 5.03. The summed E-state index contributed by atoms with van der Waals surface area (Å²) in [5, 5.41) is 21.9. The number of amides is 1. The molecular formula is C21H15N3O5S. The minimum atomic E-state index is -1.07. The average Bonchev–Trinajstić information content (AvgIpc) is 3.25. The van der Waals surface area contributed by atoms with Crippen molar-refractivity contribution in [3.63, 3.8) is 0 Å². The number of nitrogens with zero attached hydrogens (tertiary/aromatic N) is 2. The molecule has 3 N–H and O–H groups in total. The number of anilines is 1. The van der Waals surface area contributed by atoms with Crippen molar-refractivity contribution in [3.05, 3.63) is 74.2 Å². The minimum absolute atomic E-state index is 0.0920. The Bertz CT molecular complexity index is 1270. The summed E-state index contributed by atoms with van der Waals surface area (Å²) in [5.41, 5.74) is 2.94. The third kappa shape index (κ3) is 3.78. The lowest BCUT2D eigenvalue weighted by Gasteiger charge is -2.07. The van der Waals surface area contributed by atoms with Crippen molar-refractivity contribution in [3.8, 4) is 5.88 Å². The highest BCUT2D eigenvalue weighted by Gasteiger charge is 2.18. The second-order valence-electron chi connectivity index (χ2n) is 6.45. The number of aliphatic imine (C=N–C) groups is 1. The van der Waals surface area contributed by atoms with E-state index >= 15 is 0 Å². The van der Waals surface area contributed by atoms with E-state index in [9.17, 15) is 19.5 Å². The van der Waals surface area contributed by atoms with E-state index in [4.69, 9.17) is 5.11 Å². The number of carboxylic acids is 1. The fourth-order valence-electron chi connectivity index (χ4n) is 2.98. The van der Waals surface area contributed by atoms with Gasteiger partial charge in [-0.05, 0) is 36.4 Å². The van der Waals surface area contributed by atoms with E-state index in [1.165, 1.54) is 24.3 Å². The van der Waals surface area contributed by atoms with Crippen LogP contribution in [0.4, 0.5) is 11.4 Å². The molecule has 0 spiro atoms. The molecule has 1 aliphatic heterocycles. The summed E-state index contributed by atoms with van der Waals surface area (Å²) in [6.07, 6.45) is 3.32. The first kappa shape index (κ1) is 19.3. The molecule has 0 unspecified atom stereocenters. The number of carbonyl (C=O) groups is 2. The fourth-order valence-corrected chi connectivity index (χ4v) is 3.82. The largest absolute Gasteiger partial charge is 0.493 e. The van der Waals surface area contributed by atoms with Crippen molar-refractivity contribution in [2.75, 3.05) is 5.32 Å². The maximum atomic E-state index is 12.3. The predicted molar refractivity (Wildman–Crippen MR) is 115 cm³/mol. The molecule has 2 heterocycles. The highest BCUT2D eigenvalue weighted by Crippen LogP contribution is 2.34. The van der Waals surface area contributed by atoms with E-state index in [2.05, 4.69) is 10.3 Å². The minimum Gasteiger partial charge on any atom is -0.493 e. The van der Waals surface area contributed by atoms with Crippen molar-refractivity contribution in [2.24, 2.45) is 4.99 Å². The number of carboxylic acid groups (broad SMARTS) is 1. The van der Waals surface area contributed by atoms with Crippen LogP contribution in [0.1, 0.15) is 20.8 Å². The molecule has 150 valence electrons. The summed E-state index contributed by atoms with van der Waals surface area (Å²) in [6, 6.07) is 13.1. The summed E-state index contributed by atoms with van der Waals surface area (Å²) in [5.74, 6) is -1.90. The Morgan fingerprint density at radius 1 is 1.13 bits per heavy atom. The van der Waals surface area contributed by atoms with Gasteiger partial charge in [0.2, 0.25) is 11.8 Å². The quantitative estimate of drug-likeness (QED) is 0.584. The van der Waals surface area contributed by atoms with Crippen molar-refractivity contribution < 1.29 is 19.8 Å². The normalized spacial score (nSPS) is 13.4. The summed E-state index contributed by atoms with van der Waals surface area (Å²) < 4.78 is 0.982. The number of aromatic hydroxyl groups is 1. The van der Waals surface area contributed by atoms with Crippen molar-refractivity contribution >= 4 is 52.5 Å². The molecule has 0 radical (unpaired) electrons. The number of nitrogens with one attached hydrogen (secondary N) is 1. The van der Waals surface area contributed by atoms with Gasteiger partial charge in [0, 0.05) is 23.0 Å². The van der Waals surface area contributed by atoms with Crippen molar-refractivity contribution in [2.45, 2.75) is 6.54 Å². The Hall–Kier alpha value is -3.98. The zero-order valence-corrected chi connectivity index (χ0v) is 16.2. The zero-order valence-electron chi connectivity index (χ0n) is 15.4. The molecule has 8 nitrogen and oxygen atoms in total. The van der Waals surface area contributed by atoms with Crippen LogP contribution < -0.4 is 10.2 Å². The lowest BCUT2D eigenvalue weighted by atomic mass is 10.1. The summed E-state index contributed by atoms with van der Waals surface area (Å²) >= 11 is 0.830. The molecule has 4 rings (SSSR count). The van der Waals surface area contributed by atoms with Crippen LogP contribution in [0.15, 0.2) is 58.3 Å². The predicted octanol–water partition coefficient (Wildman–Crippen LogP) is 3.21. The Morgan fingerprint density at radius 2 is 1.87 bits per heavy atom. The Morgan fingerprint density at radius 3 is 2.60 bits per heavy atom. The molecule has 0 atom stereocenters. The maximum absolute atomic E-state index is 12.3. The average molecular weight is 421 g/mol. The lowest BCUT2D eigenvalue weighted by Crippen LogP contribution is -2.24. The molecule has 0 aliphatic carbocycles. The van der Waals surface area contributed by atoms with Gasteiger partial charge in [0.15, 0.2) is 0 Å². The number of fused-ring (bicyclic) bond motifs is 1. The van der Waals surface area contributed by atoms with E-state index < -0.39 is 16.7 Å². The van der Waals surface area contributed by atoms with Gasteiger partial charge < -0.3 is 15.5 Å². The van der Waals surface area contributed by atoms with Crippen molar-refractivity contribution in [1.29, 1.82) is 0 Å². The first-order valence-corrected chi connectivity index (χ1v) is 9.65. The molecule has 0 saturated heterocycles. The second kappa shape index (κ2) is 7.80. The summed E-state index contributed by atoms with van der Waals surface area (Å²) in [4.78, 5) is 39.6. The van der Waals surface area contributed by atoms with Crippen LogP contribution in [0.3, 0.4) is 0 Å². The molecule has 9 heteroatoms. The monoisotopic (exact) mass is 421 g/mol. The first-order chi connectivity index (χ1) is 14.4.